The van der Waals surface area contributed by atoms with Gasteiger partial charge in [0.25, 0.3) is 0 Å². The fraction of sp³-hybridized carbons (Fsp3) is 0.476. The molecule has 2 aromatic rings. The molecule has 2 aliphatic heterocycles. The highest BCUT2D eigenvalue weighted by atomic mass is 32.2. The molecule has 2 amide bonds. The van der Waals surface area contributed by atoms with Crippen molar-refractivity contribution in [2.24, 2.45) is 0 Å². The minimum absolute atomic E-state index is 0.0224. The number of rotatable bonds is 6. The zero-order chi connectivity index (χ0) is 20.2. The second-order valence-electron chi connectivity index (χ2n) is 7.76. The van der Waals surface area contributed by atoms with Gasteiger partial charge in [-0.1, -0.05) is 19.9 Å². The molecule has 1 aromatic carbocycles. The third kappa shape index (κ3) is 4.82. The number of benzene rings is 1. The number of carbonyl (C=O) groups is 1. The first-order valence-corrected chi connectivity index (χ1v) is 11.0. The maximum Gasteiger partial charge on any atom is 0.332 e. The molecule has 0 aliphatic carbocycles. The van der Waals surface area contributed by atoms with Crippen molar-refractivity contribution in [3.05, 3.63) is 42.2 Å². The van der Waals surface area contributed by atoms with Crippen molar-refractivity contribution in [1.82, 2.24) is 19.2 Å². The normalized spacial score (nSPS) is 17.4. The molecule has 0 radical (unpaired) electrons. The van der Waals surface area contributed by atoms with E-state index < -0.39 is 0 Å². The van der Waals surface area contributed by atoms with Crippen LogP contribution in [0.3, 0.4) is 0 Å². The minimum atomic E-state index is -0.0224. The number of piperazine rings is 1. The molecule has 0 atom stereocenters. The molecule has 29 heavy (non-hydrogen) atoms. The molecular formula is C21H28N6OS. The van der Waals surface area contributed by atoms with Gasteiger partial charge >= 0.3 is 6.03 Å². The number of amides is 2. The zero-order valence-corrected chi connectivity index (χ0v) is 17.9. The summed E-state index contributed by atoms with van der Waals surface area (Å²) in [6.07, 6.45) is 4.54. The fourth-order valence-electron chi connectivity index (χ4n) is 3.63. The van der Waals surface area contributed by atoms with E-state index >= 15 is 0 Å². The summed E-state index contributed by atoms with van der Waals surface area (Å²) in [7, 11) is 0. The Balaban J connectivity index is 1.25. The Labute approximate surface area is 176 Å². The van der Waals surface area contributed by atoms with E-state index in [4.69, 9.17) is 0 Å². The van der Waals surface area contributed by atoms with Gasteiger partial charge in [0.15, 0.2) is 0 Å². The molecule has 0 spiro atoms. The predicted molar refractivity (Wildman–Crippen MR) is 117 cm³/mol. The largest absolute Gasteiger partial charge is 0.338 e. The standard InChI is InChI=1S/C21H28N6OS/c1-16(2)17-5-6-18-19(15-17)29-27(21(28)24-18)10-4-9-25-11-13-26(14-12-25)20-22-7-3-8-23-20/h3,5-8,15-16H,4,9-14H2,1-2H3,(H,24,28). The van der Waals surface area contributed by atoms with Crippen LogP contribution in [0.4, 0.5) is 16.4 Å². The van der Waals surface area contributed by atoms with Crippen LogP contribution in [0, 0.1) is 0 Å². The Bertz CT molecular complexity index is 838. The van der Waals surface area contributed by atoms with Gasteiger partial charge in [-0.05, 0) is 48.0 Å². The molecule has 1 saturated heterocycles. The molecule has 0 unspecified atom stereocenters. The van der Waals surface area contributed by atoms with Crippen molar-refractivity contribution < 1.29 is 4.79 Å². The molecule has 1 N–H and O–H groups in total. The van der Waals surface area contributed by atoms with Gasteiger partial charge in [-0.2, -0.15) is 0 Å². The number of anilines is 2. The summed E-state index contributed by atoms with van der Waals surface area (Å²) in [4.78, 5) is 26.9. The molecule has 0 bridgehead atoms. The van der Waals surface area contributed by atoms with Crippen molar-refractivity contribution in [3.8, 4) is 0 Å². The van der Waals surface area contributed by atoms with Gasteiger partial charge in [-0.3, -0.25) is 9.21 Å². The van der Waals surface area contributed by atoms with Crippen LogP contribution in [-0.2, 0) is 0 Å². The van der Waals surface area contributed by atoms with E-state index in [2.05, 4.69) is 51.1 Å². The maximum absolute atomic E-state index is 12.4. The molecule has 1 aromatic heterocycles. The van der Waals surface area contributed by atoms with Crippen LogP contribution >= 0.6 is 11.9 Å². The van der Waals surface area contributed by atoms with Crippen LogP contribution in [0.1, 0.15) is 31.7 Å². The summed E-state index contributed by atoms with van der Waals surface area (Å²) < 4.78 is 1.85. The SMILES string of the molecule is CC(C)c1ccc2c(c1)SN(CCCN1CCN(c3ncccn3)CC1)C(=O)N2. The van der Waals surface area contributed by atoms with Gasteiger partial charge in [-0.25, -0.2) is 14.8 Å². The van der Waals surface area contributed by atoms with Gasteiger partial charge in [0, 0.05) is 51.7 Å². The molecule has 2 aliphatic rings. The Kier molecular flexibility index (Phi) is 6.20. The first kappa shape index (κ1) is 20.0. The van der Waals surface area contributed by atoms with E-state index in [1.54, 1.807) is 24.3 Å². The lowest BCUT2D eigenvalue weighted by molar-refractivity contribution is 0.228. The summed E-state index contributed by atoms with van der Waals surface area (Å²) in [5, 5.41) is 3.02. The lowest BCUT2D eigenvalue weighted by Crippen LogP contribution is -2.47. The summed E-state index contributed by atoms with van der Waals surface area (Å²) in [5.41, 5.74) is 2.22. The highest BCUT2D eigenvalue weighted by Crippen LogP contribution is 2.37. The summed E-state index contributed by atoms with van der Waals surface area (Å²) in [5.74, 6) is 1.29. The molecule has 0 saturated carbocycles. The fourth-order valence-corrected chi connectivity index (χ4v) is 4.62. The monoisotopic (exact) mass is 412 g/mol. The number of aromatic nitrogens is 2. The van der Waals surface area contributed by atoms with E-state index in [1.165, 1.54) is 5.56 Å². The number of fused-ring (bicyclic) bond motifs is 1. The molecule has 1 fully saturated rings. The van der Waals surface area contributed by atoms with E-state index in [9.17, 15) is 4.79 Å². The van der Waals surface area contributed by atoms with E-state index in [-0.39, 0.29) is 6.03 Å². The molecule has 7 nitrogen and oxygen atoms in total. The van der Waals surface area contributed by atoms with E-state index in [1.807, 2.05) is 16.4 Å². The van der Waals surface area contributed by atoms with Crippen LogP contribution in [0.2, 0.25) is 0 Å². The van der Waals surface area contributed by atoms with E-state index in [0.717, 1.165) is 62.2 Å². The summed E-state index contributed by atoms with van der Waals surface area (Å²) in [6, 6.07) is 8.13. The lowest BCUT2D eigenvalue weighted by Gasteiger charge is -2.35. The van der Waals surface area contributed by atoms with Gasteiger partial charge in [0.2, 0.25) is 5.95 Å². The second-order valence-corrected chi connectivity index (χ2v) is 8.83. The Morgan fingerprint density at radius 1 is 1.10 bits per heavy atom. The third-order valence-corrected chi connectivity index (χ3v) is 6.50. The van der Waals surface area contributed by atoms with Crippen molar-refractivity contribution in [3.63, 3.8) is 0 Å². The number of carbonyl (C=O) groups excluding carboxylic acids is 1. The number of nitrogens with one attached hydrogen (secondary N) is 1. The van der Waals surface area contributed by atoms with Crippen LogP contribution in [0.15, 0.2) is 41.6 Å². The Hall–Kier alpha value is -2.32. The zero-order valence-electron chi connectivity index (χ0n) is 17.0. The van der Waals surface area contributed by atoms with Crippen molar-refractivity contribution >= 4 is 29.6 Å². The Morgan fingerprint density at radius 3 is 2.59 bits per heavy atom. The van der Waals surface area contributed by atoms with Crippen molar-refractivity contribution in [2.75, 3.05) is 49.5 Å². The second kappa shape index (κ2) is 9.00. The Morgan fingerprint density at radius 2 is 1.86 bits per heavy atom. The molecule has 3 heterocycles. The van der Waals surface area contributed by atoms with Crippen LogP contribution < -0.4 is 10.2 Å². The molecule has 154 valence electrons. The number of hydrogen-bond acceptors (Lipinski definition) is 6. The third-order valence-electron chi connectivity index (χ3n) is 5.39. The predicted octanol–water partition coefficient (Wildman–Crippen LogP) is 3.67. The average Bonchev–Trinajstić information content (AvgIpc) is 2.75. The molecule has 4 rings (SSSR count). The first-order chi connectivity index (χ1) is 14.1. The lowest BCUT2D eigenvalue weighted by atomic mass is 10.0. The van der Waals surface area contributed by atoms with Gasteiger partial charge in [0.1, 0.15) is 0 Å². The first-order valence-electron chi connectivity index (χ1n) is 10.2. The quantitative estimate of drug-likeness (QED) is 0.731. The molecule has 8 heteroatoms. The topological polar surface area (TPSA) is 64.6 Å². The number of hydrogen-bond donors (Lipinski definition) is 1. The molecular weight excluding hydrogens is 384 g/mol. The van der Waals surface area contributed by atoms with Crippen molar-refractivity contribution in [2.45, 2.75) is 31.1 Å². The summed E-state index contributed by atoms with van der Waals surface area (Å²) in [6.45, 7) is 9.99. The van der Waals surface area contributed by atoms with Gasteiger partial charge < -0.3 is 10.2 Å². The highest BCUT2D eigenvalue weighted by Gasteiger charge is 2.25. The smallest absolute Gasteiger partial charge is 0.332 e. The van der Waals surface area contributed by atoms with Gasteiger partial charge in [0.05, 0.1) is 10.6 Å². The minimum Gasteiger partial charge on any atom is -0.338 e. The average molecular weight is 413 g/mol. The van der Waals surface area contributed by atoms with E-state index in [0.29, 0.717) is 5.92 Å². The number of nitrogens with zero attached hydrogens (tertiary/aromatic N) is 5. The van der Waals surface area contributed by atoms with Crippen LogP contribution in [0.25, 0.3) is 0 Å². The van der Waals surface area contributed by atoms with Crippen LogP contribution in [0.5, 0.6) is 0 Å². The number of urea groups is 1. The van der Waals surface area contributed by atoms with Gasteiger partial charge in [-0.15, -0.1) is 0 Å². The maximum atomic E-state index is 12.4. The van der Waals surface area contributed by atoms with Crippen molar-refractivity contribution in [1.29, 1.82) is 0 Å². The van der Waals surface area contributed by atoms with Crippen LogP contribution in [-0.4, -0.2) is 64.5 Å². The summed E-state index contributed by atoms with van der Waals surface area (Å²) >= 11 is 1.56. The highest BCUT2D eigenvalue weighted by molar-refractivity contribution is 7.97.